The lowest BCUT2D eigenvalue weighted by molar-refractivity contribution is -0.0366. The van der Waals surface area contributed by atoms with E-state index < -0.39 is 25.2 Å². The molecular formula is C38H49ClF6N10O2. The Morgan fingerprint density at radius 3 is 1.60 bits per heavy atom. The Morgan fingerprint density at radius 1 is 0.684 bits per heavy atom. The molecule has 57 heavy (non-hydrogen) atoms. The predicted octanol–water partition coefficient (Wildman–Crippen LogP) is 7.55. The van der Waals surface area contributed by atoms with Gasteiger partial charge in [0, 0.05) is 105 Å². The Labute approximate surface area is 332 Å². The topological polar surface area (TPSA) is 119 Å². The SMILES string of the molecule is C1COCCN1.FCc1ccn(-c2cc(Cl)cc(NC3CCC(F)(F)CC3)n2)n1.FCc1ccn(-c2cc(N3CCOCC3)cc(NC3CCC(F)(F)CC3)n2)n1. The van der Waals surface area contributed by atoms with Crippen LogP contribution in [0.15, 0.2) is 48.8 Å². The summed E-state index contributed by atoms with van der Waals surface area (Å²) in [5.41, 5.74) is 1.59. The van der Waals surface area contributed by atoms with E-state index in [-0.39, 0.29) is 37.8 Å². The number of halogens is 7. The van der Waals surface area contributed by atoms with E-state index in [1.165, 1.54) is 4.68 Å². The summed E-state index contributed by atoms with van der Waals surface area (Å²) in [6.07, 6.45) is 4.35. The molecule has 0 unspecified atom stereocenters. The molecule has 2 saturated heterocycles. The summed E-state index contributed by atoms with van der Waals surface area (Å²) in [7, 11) is 0. The molecule has 4 aromatic heterocycles. The van der Waals surface area contributed by atoms with E-state index >= 15 is 0 Å². The molecule has 2 aliphatic carbocycles. The van der Waals surface area contributed by atoms with E-state index in [9.17, 15) is 26.3 Å². The largest absolute Gasteiger partial charge is 0.379 e. The molecule has 0 spiro atoms. The Bertz CT molecular complexity index is 1820. The molecule has 0 bridgehead atoms. The molecule has 0 radical (unpaired) electrons. The third-order valence-corrected chi connectivity index (χ3v) is 10.2. The fraction of sp³-hybridized carbons (Fsp3) is 0.579. The zero-order valence-corrected chi connectivity index (χ0v) is 32.4. The molecule has 0 atom stereocenters. The molecule has 19 heteroatoms. The maximum atomic E-state index is 13.4. The van der Waals surface area contributed by atoms with Gasteiger partial charge < -0.3 is 30.3 Å². The number of aromatic nitrogens is 6. The van der Waals surface area contributed by atoms with Crippen molar-refractivity contribution in [2.45, 2.75) is 88.6 Å². The van der Waals surface area contributed by atoms with Crippen LogP contribution in [0.5, 0.6) is 0 Å². The summed E-state index contributed by atoms with van der Waals surface area (Å²) in [5, 5.41) is 18.3. The second-order valence-corrected chi connectivity index (χ2v) is 14.8. The molecule has 6 heterocycles. The molecule has 2 aliphatic heterocycles. The van der Waals surface area contributed by atoms with Crippen molar-refractivity contribution in [1.82, 2.24) is 34.8 Å². The van der Waals surface area contributed by atoms with Crippen LogP contribution < -0.4 is 20.9 Å². The minimum absolute atomic E-state index is 0.0426. The minimum atomic E-state index is -2.57. The van der Waals surface area contributed by atoms with E-state index in [1.807, 2.05) is 12.1 Å². The normalized spacial score (nSPS) is 19.8. The van der Waals surface area contributed by atoms with Crippen LogP contribution in [-0.4, -0.2) is 106 Å². The Hall–Kier alpha value is -4.13. The lowest BCUT2D eigenvalue weighted by Crippen LogP contribution is -2.36. The van der Waals surface area contributed by atoms with Gasteiger partial charge in [-0.2, -0.15) is 10.2 Å². The Balaban J connectivity index is 0.000000170. The average molecular weight is 827 g/mol. The summed E-state index contributed by atoms with van der Waals surface area (Å²) in [4.78, 5) is 11.2. The van der Waals surface area contributed by atoms with Crippen molar-refractivity contribution in [3.63, 3.8) is 0 Å². The first-order valence-electron chi connectivity index (χ1n) is 19.3. The van der Waals surface area contributed by atoms with E-state index in [4.69, 9.17) is 21.1 Å². The summed E-state index contributed by atoms with van der Waals surface area (Å²) in [6, 6.07) is 10.1. The van der Waals surface area contributed by atoms with Gasteiger partial charge in [0.25, 0.3) is 0 Å². The van der Waals surface area contributed by atoms with Crippen molar-refractivity contribution in [2.75, 3.05) is 68.1 Å². The highest BCUT2D eigenvalue weighted by Crippen LogP contribution is 2.36. The number of anilines is 3. The molecule has 0 aromatic carbocycles. The first-order valence-corrected chi connectivity index (χ1v) is 19.7. The highest BCUT2D eigenvalue weighted by molar-refractivity contribution is 6.31. The zero-order chi connectivity index (χ0) is 40.3. The van der Waals surface area contributed by atoms with Crippen LogP contribution in [0.1, 0.15) is 62.8 Å². The lowest BCUT2D eigenvalue weighted by atomic mass is 9.92. The predicted molar refractivity (Wildman–Crippen MR) is 206 cm³/mol. The summed E-state index contributed by atoms with van der Waals surface area (Å²) >= 11 is 6.09. The maximum Gasteiger partial charge on any atom is 0.248 e. The van der Waals surface area contributed by atoms with Crippen molar-refractivity contribution < 1.29 is 35.8 Å². The summed E-state index contributed by atoms with van der Waals surface area (Å²) in [6.45, 7) is 5.34. The smallest absolute Gasteiger partial charge is 0.248 e. The van der Waals surface area contributed by atoms with Gasteiger partial charge in [-0.15, -0.1) is 0 Å². The van der Waals surface area contributed by atoms with Crippen LogP contribution in [0.3, 0.4) is 0 Å². The number of pyridine rings is 2. The van der Waals surface area contributed by atoms with E-state index in [0.717, 1.165) is 45.1 Å². The molecule has 3 N–H and O–H groups in total. The van der Waals surface area contributed by atoms with Gasteiger partial charge in [0.1, 0.15) is 25.0 Å². The number of morpholine rings is 2. The standard InChI is InChI=1S/C19H24F3N5O.C15H16ClF3N4.C4H9NO/c20-13-15-3-6-27(25-15)18-12-16(26-7-9-28-10-8-26)11-17(24-18)23-14-1-4-19(21,22)5-2-14;16-10-7-13(20-11-1-4-15(18,19)5-2-11)21-14(8-10)23-6-3-12(9-17)22-23;1-3-6-4-2-5-1/h3,6,11-12,14H,1-2,4-5,7-10,13H2,(H,23,24);3,6-8,11H,1-2,4-5,9H2,(H,20,21);5H,1-4H2. The highest BCUT2D eigenvalue weighted by atomic mass is 35.5. The van der Waals surface area contributed by atoms with Gasteiger partial charge in [0.15, 0.2) is 11.6 Å². The van der Waals surface area contributed by atoms with Crippen LogP contribution in [0.25, 0.3) is 11.6 Å². The van der Waals surface area contributed by atoms with Gasteiger partial charge in [0.2, 0.25) is 11.8 Å². The average Bonchev–Trinajstić information content (AvgIpc) is 3.92. The third-order valence-electron chi connectivity index (χ3n) is 9.97. The van der Waals surface area contributed by atoms with Gasteiger partial charge in [0.05, 0.1) is 37.8 Å². The van der Waals surface area contributed by atoms with Crippen molar-refractivity contribution in [2.24, 2.45) is 0 Å². The fourth-order valence-electron chi connectivity index (χ4n) is 6.80. The number of hydrogen-bond donors (Lipinski definition) is 3. The van der Waals surface area contributed by atoms with Crippen molar-refractivity contribution in [1.29, 1.82) is 0 Å². The molecule has 12 nitrogen and oxygen atoms in total. The van der Waals surface area contributed by atoms with E-state index in [2.05, 4.69) is 41.0 Å². The lowest BCUT2D eigenvalue weighted by Gasteiger charge is -2.31. The van der Waals surface area contributed by atoms with Crippen LogP contribution in [0.2, 0.25) is 5.02 Å². The Kier molecular flexibility index (Phi) is 14.9. The minimum Gasteiger partial charge on any atom is -0.379 e. The van der Waals surface area contributed by atoms with Crippen LogP contribution in [-0.2, 0) is 22.8 Å². The molecule has 2 saturated carbocycles. The van der Waals surface area contributed by atoms with Crippen LogP contribution >= 0.6 is 11.6 Å². The second-order valence-electron chi connectivity index (χ2n) is 14.4. The molecule has 4 fully saturated rings. The number of nitrogens with zero attached hydrogens (tertiary/aromatic N) is 7. The highest BCUT2D eigenvalue weighted by Gasteiger charge is 2.36. The molecule has 4 aromatic rings. The van der Waals surface area contributed by atoms with Crippen molar-refractivity contribution in [3.05, 3.63) is 65.2 Å². The van der Waals surface area contributed by atoms with E-state index in [0.29, 0.717) is 78.6 Å². The number of rotatable bonds is 9. The van der Waals surface area contributed by atoms with Crippen LogP contribution in [0.4, 0.5) is 43.7 Å². The number of nitrogens with one attached hydrogen (secondary N) is 3. The first-order chi connectivity index (χ1) is 27.5. The van der Waals surface area contributed by atoms with Gasteiger partial charge in [-0.3, -0.25) is 0 Å². The van der Waals surface area contributed by atoms with Crippen molar-refractivity contribution in [3.8, 4) is 11.6 Å². The zero-order valence-electron chi connectivity index (χ0n) is 31.6. The fourth-order valence-corrected chi connectivity index (χ4v) is 7.00. The van der Waals surface area contributed by atoms with Gasteiger partial charge in [-0.25, -0.2) is 45.7 Å². The quantitative estimate of drug-likeness (QED) is 0.146. The first kappa shape index (κ1) is 42.5. The van der Waals surface area contributed by atoms with Crippen LogP contribution in [0, 0.1) is 0 Å². The number of alkyl halides is 6. The maximum absolute atomic E-state index is 13.4. The van der Waals surface area contributed by atoms with Crippen molar-refractivity contribution >= 4 is 28.9 Å². The molecule has 312 valence electrons. The summed E-state index contributed by atoms with van der Waals surface area (Å²) < 4.78 is 92.1. The third kappa shape index (κ3) is 12.9. The molecular weight excluding hydrogens is 778 g/mol. The molecule has 0 amide bonds. The molecule has 8 rings (SSSR count). The van der Waals surface area contributed by atoms with E-state index in [1.54, 1.807) is 41.3 Å². The van der Waals surface area contributed by atoms with Gasteiger partial charge in [-0.1, -0.05) is 11.6 Å². The summed E-state index contributed by atoms with van der Waals surface area (Å²) in [5.74, 6) is -3.01. The number of hydrogen-bond acceptors (Lipinski definition) is 10. The number of ether oxygens (including phenoxy) is 2. The van der Waals surface area contributed by atoms with Gasteiger partial charge in [-0.05, 0) is 43.9 Å². The monoisotopic (exact) mass is 826 g/mol. The second kappa shape index (κ2) is 20.0. The molecule has 4 aliphatic rings. The Morgan fingerprint density at radius 2 is 1.16 bits per heavy atom. The van der Waals surface area contributed by atoms with Gasteiger partial charge >= 0.3 is 0 Å².